The Kier molecular flexibility index (Phi) is 3.25. The van der Waals surface area contributed by atoms with E-state index < -0.39 is 0 Å². The molecule has 0 nitrogen and oxygen atoms in total. The summed E-state index contributed by atoms with van der Waals surface area (Å²) in [5, 5.41) is 0. The van der Waals surface area contributed by atoms with Crippen LogP contribution in [0.25, 0.3) is 0 Å². The molecule has 0 bridgehead atoms. The van der Waals surface area contributed by atoms with Gasteiger partial charge in [0.05, 0.1) is 0 Å². The Morgan fingerprint density at radius 1 is 1.33 bits per heavy atom. The van der Waals surface area contributed by atoms with E-state index in [0.29, 0.717) is 0 Å². The van der Waals surface area contributed by atoms with Crippen LogP contribution in [0, 0.1) is 10.5 Å². The van der Waals surface area contributed by atoms with Crippen LogP contribution in [0.3, 0.4) is 0 Å². The van der Waals surface area contributed by atoms with Crippen molar-refractivity contribution < 1.29 is 17.2 Å². The van der Waals surface area contributed by atoms with Gasteiger partial charge in [0.15, 0.2) is 0 Å². The second kappa shape index (κ2) is 3.75. The monoisotopic (exact) mass is 345 g/mol. The SMILES string of the molecule is Cc1ccccc1[I-]I. The summed E-state index contributed by atoms with van der Waals surface area (Å²) < 4.78 is 1.55. The second-order valence-corrected chi connectivity index (χ2v) is 6.13. The summed E-state index contributed by atoms with van der Waals surface area (Å²) in [5.41, 5.74) is 1.44. The van der Waals surface area contributed by atoms with Gasteiger partial charge in [0.2, 0.25) is 0 Å². The molecule has 2 heteroatoms. The minimum absolute atomic E-state index is 0.258. The van der Waals surface area contributed by atoms with E-state index in [-0.39, 0.29) is 17.2 Å². The fourth-order valence-corrected chi connectivity index (χ4v) is 4.54. The first-order valence-corrected chi connectivity index (χ1v) is 10.0. The van der Waals surface area contributed by atoms with Gasteiger partial charge in [-0.05, 0) is 0 Å². The van der Waals surface area contributed by atoms with Gasteiger partial charge in [-0.2, -0.15) is 0 Å². The molecule has 9 heavy (non-hydrogen) atoms. The number of halogens is 2. The van der Waals surface area contributed by atoms with Gasteiger partial charge >= 0.3 is 76.2 Å². The molecule has 0 fully saturated rings. The Morgan fingerprint density at radius 2 is 2.00 bits per heavy atom. The van der Waals surface area contributed by atoms with E-state index in [1.54, 1.807) is 3.57 Å². The summed E-state index contributed by atoms with van der Waals surface area (Å²) in [4.78, 5) is 0. The van der Waals surface area contributed by atoms with Crippen molar-refractivity contribution in [3.05, 3.63) is 33.4 Å². The molecule has 0 radical (unpaired) electrons. The summed E-state index contributed by atoms with van der Waals surface area (Å²) in [7, 11) is 0. The molecular formula is C7H7I2-. The molecule has 1 aromatic rings. The summed E-state index contributed by atoms with van der Waals surface area (Å²) in [6.07, 6.45) is 0. The molecule has 0 aliphatic heterocycles. The van der Waals surface area contributed by atoms with E-state index in [1.807, 2.05) is 0 Å². The topological polar surface area (TPSA) is 0 Å². The molecule has 0 aliphatic rings. The number of rotatable bonds is 1. The van der Waals surface area contributed by atoms with Crippen LogP contribution in [0.4, 0.5) is 0 Å². The van der Waals surface area contributed by atoms with E-state index in [4.69, 9.17) is 0 Å². The normalized spacial score (nSPS) is 10.0. The summed E-state index contributed by atoms with van der Waals surface area (Å²) in [5.74, 6) is 0. The van der Waals surface area contributed by atoms with Crippen LogP contribution in [-0.4, -0.2) is 0 Å². The molecule has 0 saturated heterocycles. The van der Waals surface area contributed by atoms with E-state index in [1.165, 1.54) is 5.56 Å². The minimum atomic E-state index is 0.258. The zero-order valence-electron chi connectivity index (χ0n) is 5.07. The fraction of sp³-hybridized carbons (Fsp3) is 0.143. The van der Waals surface area contributed by atoms with Crippen LogP contribution in [0.2, 0.25) is 0 Å². The molecule has 0 amide bonds. The summed E-state index contributed by atoms with van der Waals surface area (Å²) in [6.45, 7) is 2.17. The van der Waals surface area contributed by atoms with Gasteiger partial charge in [0.25, 0.3) is 0 Å². The van der Waals surface area contributed by atoms with E-state index in [0.717, 1.165) is 0 Å². The Balaban J connectivity index is 3.01. The van der Waals surface area contributed by atoms with E-state index in [9.17, 15) is 0 Å². The maximum atomic E-state index is 2.49. The molecule has 50 valence electrons. The third-order valence-corrected chi connectivity index (χ3v) is 5.75. The molecule has 0 aliphatic carbocycles. The van der Waals surface area contributed by atoms with Crippen LogP contribution < -0.4 is 17.2 Å². The third-order valence-electron chi connectivity index (χ3n) is 1.15. The van der Waals surface area contributed by atoms with Gasteiger partial charge < -0.3 is 0 Å². The average molecular weight is 345 g/mol. The first-order valence-electron chi connectivity index (χ1n) is 2.66. The average Bonchev–Trinajstić information content (AvgIpc) is 1.89. The van der Waals surface area contributed by atoms with Gasteiger partial charge in [0.1, 0.15) is 0 Å². The number of benzene rings is 1. The maximum absolute atomic E-state index is 2.49. The zero-order valence-corrected chi connectivity index (χ0v) is 9.38. The standard InChI is InChI=1S/C7H7I2/c1-6-4-2-3-5-7(6)9-8/h2-5H,1H3/q-1. The first-order chi connectivity index (χ1) is 4.34. The molecule has 0 heterocycles. The number of hydrogen-bond acceptors (Lipinski definition) is 0. The van der Waals surface area contributed by atoms with Crippen LogP contribution in [0.5, 0.6) is 0 Å². The third kappa shape index (κ3) is 2.07. The molecule has 0 aromatic heterocycles. The predicted molar refractivity (Wildman–Crippen MR) is 43.9 cm³/mol. The molecule has 0 unspecified atom stereocenters. The van der Waals surface area contributed by atoms with Gasteiger partial charge in [-0.15, -0.1) is 0 Å². The summed E-state index contributed by atoms with van der Waals surface area (Å²) >= 11 is 2.75. The van der Waals surface area contributed by atoms with Gasteiger partial charge in [-0.25, -0.2) is 0 Å². The van der Waals surface area contributed by atoms with Gasteiger partial charge in [0, 0.05) is 0 Å². The van der Waals surface area contributed by atoms with Crippen molar-refractivity contribution in [2.24, 2.45) is 0 Å². The molecule has 0 N–H and O–H groups in total. The van der Waals surface area contributed by atoms with Crippen LogP contribution in [0.15, 0.2) is 24.3 Å². The Bertz CT molecular complexity index is 196. The number of hydrogen-bond donors (Lipinski definition) is 0. The quantitative estimate of drug-likeness (QED) is 0.608. The molecule has 1 aromatic carbocycles. The molecule has 0 saturated carbocycles. The van der Waals surface area contributed by atoms with Crippen molar-refractivity contribution in [2.45, 2.75) is 6.92 Å². The number of aryl methyl sites for hydroxylation is 1. The van der Waals surface area contributed by atoms with Crippen molar-refractivity contribution in [3.8, 4) is 0 Å². The summed E-state index contributed by atoms with van der Waals surface area (Å²) in [6, 6.07) is 8.60. The van der Waals surface area contributed by atoms with Crippen LogP contribution in [-0.2, 0) is 0 Å². The van der Waals surface area contributed by atoms with Crippen molar-refractivity contribution >= 4 is 18.6 Å². The molecule has 0 spiro atoms. The van der Waals surface area contributed by atoms with Crippen LogP contribution >= 0.6 is 18.6 Å². The molecular weight excluding hydrogens is 338 g/mol. The van der Waals surface area contributed by atoms with Crippen molar-refractivity contribution in [1.29, 1.82) is 0 Å². The Morgan fingerprint density at radius 3 is 2.44 bits per heavy atom. The van der Waals surface area contributed by atoms with Crippen LogP contribution in [0.1, 0.15) is 5.56 Å². The molecule has 0 atom stereocenters. The zero-order chi connectivity index (χ0) is 6.69. The van der Waals surface area contributed by atoms with E-state index >= 15 is 0 Å². The van der Waals surface area contributed by atoms with Crippen molar-refractivity contribution in [3.63, 3.8) is 0 Å². The van der Waals surface area contributed by atoms with E-state index in [2.05, 4.69) is 49.8 Å². The second-order valence-electron chi connectivity index (χ2n) is 1.82. The first kappa shape index (κ1) is 7.78. The predicted octanol–water partition coefficient (Wildman–Crippen LogP) is -0.396. The Labute approximate surface area is 75.5 Å². The van der Waals surface area contributed by atoms with Gasteiger partial charge in [-0.1, -0.05) is 0 Å². The fourth-order valence-electron chi connectivity index (χ4n) is 0.631. The van der Waals surface area contributed by atoms with Crippen molar-refractivity contribution in [1.82, 2.24) is 0 Å². The van der Waals surface area contributed by atoms with Crippen molar-refractivity contribution in [2.75, 3.05) is 0 Å². The molecule has 1 rings (SSSR count). The van der Waals surface area contributed by atoms with Gasteiger partial charge in [-0.3, -0.25) is 0 Å². The Hall–Kier alpha value is 0.680.